The number of esters is 1. The third-order valence-corrected chi connectivity index (χ3v) is 5.48. The fourth-order valence-corrected chi connectivity index (χ4v) is 3.98. The van der Waals surface area contributed by atoms with Gasteiger partial charge in [-0.1, -0.05) is 29.8 Å². The van der Waals surface area contributed by atoms with Crippen molar-refractivity contribution in [3.05, 3.63) is 70.4 Å². The molecule has 1 aliphatic heterocycles. The molecular formula is C22H23ClN4O3S. The molecule has 0 saturated heterocycles. The van der Waals surface area contributed by atoms with Gasteiger partial charge in [-0.05, 0) is 62.0 Å². The van der Waals surface area contributed by atoms with Crippen molar-refractivity contribution in [3.63, 3.8) is 0 Å². The van der Waals surface area contributed by atoms with Gasteiger partial charge in [0.25, 0.3) is 0 Å². The molecule has 3 rings (SSSR count). The van der Waals surface area contributed by atoms with Gasteiger partial charge in [-0.3, -0.25) is 0 Å². The van der Waals surface area contributed by atoms with Crippen LogP contribution in [0.1, 0.15) is 25.5 Å². The summed E-state index contributed by atoms with van der Waals surface area (Å²) in [6.07, 6.45) is 0. The third kappa shape index (κ3) is 5.15. The molecule has 1 atom stereocenters. The molecule has 0 bridgehead atoms. The van der Waals surface area contributed by atoms with Crippen LogP contribution in [0.2, 0.25) is 5.02 Å². The van der Waals surface area contributed by atoms with E-state index in [9.17, 15) is 9.59 Å². The predicted octanol–water partition coefficient (Wildman–Crippen LogP) is 4.68. The fourth-order valence-electron chi connectivity index (χ4n) is 3.41. The minimum absolute atomic E-state index is 0.392. The first-order valence-corrected chi connectivity index (χ1v) is 10.4. The second-order valence-electron chi connectivity index (χ2n) is 6.83. The molecule has 0 saturated carbocycles. The minimum atomic E-state index is -0.447. The Labute approximate surface area is 191 Å². The lowest BCUT2D eigenvalue weighted by molar-refractivity contribution is -0.136. The Kier molecular flexibility index (Phi) is 7.14. The van der Waals surface area contributed by atoms with Gasteiger partial charge in [-0.15, -0.1) is 0 Å². The summed E-state index contributed by atoms with van der Waals surface area (Å²) in [7, 11) is 1.36. The van der Waals surface area contributed by atoms with Crippen molar-refractivity contribution < 1.29 is 14.3 Å². The molecule has 0 unspecified atom stereocenters. The first-order valence-electron chi connectivity index (χ1n) is 9.64. The van der Waals surface area contributed by atoms with Gasteiger partial charge in [0.15, 0.2) is 5.11 Å². The number of nitrogens with one attached hydrogen (secondary N) is 3. The predicted molar refractivity (Wildman–Crippen MR) is 126 cm³/mol. The molecule has 9 heteroatoms. The van der Waals surface area contributed by atoms with Gasteiger partial charge in [0.1, 0.15) is 0 Å². The van der Waals surface area contributed by atoms with Gasteiger partial charge < -0.3 is 25.6 Å². The number of amides is 2. The molecule has 1 aliphatic rings. The van der Waals surface area contributed by atoms with E-state index in [4.69, 9.17) is 28.6 Å². The first-order chi connectivity index (χ1) is 14.8. The van der Waals surface area contributed by atoms with Crippen LogP contribution in [0.4, 0.5) is 16.2 Å². The lowest BCUT2D eigenvalue weighted by Gasteiger charge is -2.36. The van der Waals surface area contributed by atoms with Crippen LogP contribution >= 0.6 is 23.8 Å². The highest BCUT2D eigenvalue weighted by atomic mass is 35.5. The Hall–Kier alpha value is -3.10. The SMILES string of the molecule is CCN1C(=S)N[C@@H](c2ccc(NC(=O)Nc3cccc(Cl)c3)cc2)C(C(=O)OC)=C1C. The number of methoxy groups -OCH3 is 1. The first kappa shape index (κ1) is 22.6. The van der Waals surface area contributed by atoms with Gasteiger partial charge in [0.2, 0.25) is 0 Å². The Bertz CT molecular complexity index is 1040. The van der Waals surface area contributed by atoms with E-state index in [1.807, 2.05) is 30.9 Å². The van der Waals surface area contributed by atoms with Crippen LogP contribution in [0.15, 0.2) is 59.8 Å². The highest BCUT2D eigenvalue weighted by Crippen LogP contribution is 2.31. The number of carbonyl (C=O) groups is 2. The lowest BCUT2D eigenvalue weighted by atomic mass is 9.95. The van der Waals surface area contributed by atoms with E-state index in [1.54, 1.807) is 36.4 Å². The van der Waals surface area contributed by atoms with Gasteiger partial charge in [0.05, 0.1) is 18.7 Å². The fraction of sp³-hybridized carbons (Fsp3) is 0.227. The number of carbonyl (C=O) groups excluding carboxylic acids is 2. The van der Waals surface area contributed by atoms with Crippen molar-refractivity contribution in [2.75, 3.05) is 24.3 Å². The van der Waals surface area contributed by atoms with Crippen molar-refractivity contribution in [1.29, 1.82) is 0 Å². The summed E-state index contributed by atoms with van der Waals surface area (Å²) in [5.74, 6) is -0.418. The molecule has 0 aliphatic carbocycles. The summed E-state index contributed by atoms with van der Waals surface area (Å²) < 4.78 is 5.00. The monoisotopic (exact) mass is 458 g/mol. The maximum absolute atomic E-state index is 12.5. The summed E-state index contributed by atoms with van der Waals surface area (Å²) in [6, 6.07) is 13.2. The Morgan fingerprint density at radius 2 is 1.84 bits per heavy atom. The average molecular weight is 459 g/mol. The maximum atomic E-state index is 12.5. The van der Waals surface area contributed by atoms with Crippen molar-refractivity contribution in [2.45, 2.75) is 19.9 Å². The number of benzene rings is 2. The summed E-state index contributed by atoms with van der Waals surface area (Å²) in [6.45, 7) is 4.45. The van der Waals surface area contributed by atoms with Crippen LogP contribution in [-0.4, -0.2) is 35.7 Å². The second-order valence-corrected chi connectivity index (χ2v) is 7.65. The van der Waals surface area contributed by atoms with Gasteiger partial charge in [0, 0.05) is 28.6 Å². The number of hydrogen-bond acceptors (Lipinski definition) is 4. The zero-order valence-corrected chi connectivity index (χ0v) is 18.9. The van der Waals surface area contributed by atoms with Gasteiger partial charge in [-0.2, -0.15) is 0 Å². The number of thiocarbonyl (C=S) groups is 1. The minimum Gasteiger partial charge on any atom is -0.466 e. The zero-order valence-electron chi connectivity index (χ0n) is 17.4. The van der Waals surface area contributed by atoms with E-state index >= 15 is 0 Å². The molecule has 0 radical (unpaired) electrons. The number of nitrogens with zero attached hydrogens (tertiary/aromatic N) is 1. The van der Waals surface area contributed by atoms with Crippen LogP contribution < -0.4 is 16.0 Å². The third-order valence-electron chi connectivity index (χ3n) is 4.90. The summed E-state index contributed by atoms with van der Waals surface area (Å²) in [5.41, 5.74) is 3.25. The molecule has 0 aromatic heterocycles. The number of rotatable bonds is 5. The average Bonchev–Trinajstić information content (AvgIpc) is 2.73. The highest BCUT2D eigenvalue weighted by molar-refractivity contribution is 7.80. The Morgan fingerprint density at radius 3 is 2.45 bits per heavy atom. The Morgan fingerprint density at radius 1 is 1.16 bits per heavy atom. The maximum Gasteiger partial charge on any atom is 0.337 e. The topological polar surface area (TPSA) is 82.7 Å². The molecule has 7 nitrogen and oxygen atoms in total. The van der Waals surface area contributed by atoms with E-state index < -0.39 is 18.0 Å². The molecule has 31 heavy (non-hydrogen) atoms. The molecule has 0 spiro atoms. The zero-order chi connectivity index (χ0) is 22.5. The summed E-state index contributed by atoms with van der Waals surface area (Å²) >= 11 is 11.4. The van der Waals surface area contributed by atoms with Crippen LogP contribution in [0.25, 0.3) is 0 Å². The highest BCUT2D eigenvalue weighted by Gasteiger charge is 2.33. The van der Waals surface area contributed by atoms with Crippen molar-refractivity contribution in [3.8, 4) is 0 Å². The largest absolute Gasteiger partial charge is 0.466 e. The van der Waals surface area contributed by atoms with Crippen molar-refractivity contribution in [2.24, 2.45) is 0 Å². The molecular weight excluding hydrogens is 436 g/mol. The number of halogens is 1. The molecule has 2 aromatic carbocycles. The number of ether oxygens (including phenoxy) is 1. The molecule has 0 fully saturated rings. The molecule has 2 aromatic rings. The molecule has 1 heterocycles. The summed E-state index contributed by atoms with van der Waals surface area (Å²) in [5, 5.41) is 9.78. The second kappa shape index (κ2) is 9.80. The van der Waals surface area contributed by atoms with E-state index in [0.29, 0.717) is 33.6 Å². The molecule has 2 amide bonds. The van der Waals surface area contributed by atoms with Crippen LogP contribution in [0, 0.1) is 0 Å². The molecule has 162 valence electrons. The van der Waals surface area contributed by atoms with Gasteiger partial charge >= 0.3 is 12.0 Å². The number of urea groups is 1. The quantitative estimate of drug-likeness (QED) is 0.445. The lowest BCUT2D eigenvalue weighted by Crippen LogP contribution is -2.47. The van der Waals surface area contributed by atoms with Gasteiger partial charge in [-0.25, -0.2) is 9.59 Å². The van der Waals surface area contributed by atoms with E-state index in [0.717, 1.165) is 11.3 Å². The normalized spacial score (nSPS) is 15.9. The summed E-state index contributed by atoms with van der Waals surface area (Å²) in [4.78, 5) is 26.6. The van der Waals surface area contributed by atoms with Crippen LogP contribution in [0.3, 0.4) is 0 Å². The number of hydrogen-bond donors (Lipinski definition) is 3. The number of allylic oxidation sites excluding steroid dienone is 1. The van der Waals surface area contributed by atoms with E-state index in [2.05, 4.69) is 16.0 Å². The number of anilines is 2. The van der Waals surface area contributed by atoms with Crippen molar-refractivity contribution >= 4 is 52.3 Å². The van der Waals surface area contributed by atoms with Crippen LogP contribution in [0.5, 0.6) is 0 Å². The van der Waals surface area contributed by atoms with Crippen LogP contribution in [-0.2, 0) is 9.53 Å². The Balaban J connectivity index is 1.78. The van der Waals surface area contributed by atoms with Crippen molar-refractivity contribution in [1.82, 2.24) is 10.2 Å². The standard InChI is InChI=1S/C22H23ClN4O3S/c1-4-27-13(2)18(20(28)30-3)19(26-22(27)31)14-8-10-16(11-9-14)24-21(29)25-17-7-5-6-15(23)12-17/h5-12,19H,4H2,1-3H3,(H,26,31)(H2,24,25,29)/t19-/m0/s1. The van der Waals surface area contributed by atoms with E-state index in [1.165, 1.54) is 7.11 Å². The molecule has 3 N–H and O–H groups in total. The smallest absolute Gasteiger partial charge is 0.337 e. The van der Waals surface area contributed by atoms with E-state index in [-0.39, 0.29) is 0 Å².